The Labute approximate surface area is 165 Å². The van der Waals surface area contributed by atoms with Gasteiger partial charge in [-0.3, -0.25) is 9.52 Å². The van der Waals surface area contributed by atoms with Gasteiger partial charge >= 0.3 is 0 Å². The van der Waals surface area contributed by atoms with Crippen molar-refractivity contribution in [1.82, 2.24) is 10.2 Å². The molecule has 3 rings (SSSR count). The fraction of sp³-hybridized carbons (Fsp3) is 0.278. The molecule has 0 atom stereocenters. The van der Waals surface area contributed by atoms with Crippen LogP contribution in [0.5, 0.6) is 5.75 Å². The first-order valence-corrected chi connectivity index (χ1v) is 9.75. The molecule has 0 aliphatic carbocycles. The monoisotopic (exact) mass is 411 g/mol. The summed E-state index contributed by atoms with van der Waals surface area (Å²) in [5.74, 6) is 0.558. The molecule has 27 heavy (non-hydrogen) atoms. The quantitative estimate of drug-likeness (QED) is 0.785. The summed E-state index contributed by atoms with van der Waals surface area (Å²) in [4.78, 5) is 14.3. The van der Waals surface area contributed by atoms with Crippen LogP contribution in [0.25, 0.3) is 0 Å². The Kier molecular flexibility index (Phi) is 7.06. The van der Waals surface area contributed by atoms with Crippen LogP contribution in [0.2, 0.25) is 0 Å². The lowest BCUT2D eigenvalue weighted by molar-refractivity contribution is 0.0735. The number of methoxy groups -OCH3 is 1. The van der Waals surface area contributed by atoms with Gasteiger partial charge in [0.2, 0.25) is 0 Å². The van der Waals surface area contributed by atoms with Gasteiger partial charge in [0.25, 0.3) is 15.9 Å². The zero-order chi connectivity index (χ0) is 18.6. The number of carbonyl (C=O) groups is 1. The number of halogens is 1. The molecule has 2 N–H and O–H groups in total. The van der Waals surface area contributed by atoms with Gasteiger partial charge in [-0.05, 0) is 48.5 Å². The van der Waals surface area contributed by atoms with Crippen LogP contribution in [0.15, 0.2) is 53.4 Å². The third-order valence-electron chi connectivity index (χ3n) is 4.16. The minimum atomic E-state index is -3.73. The van der Waals surface area contributed by atoms with Crippen molar-refractivity contribution in [2.45, 2.75) is 4.90 Å². The van der Waals surface area contributed by atoms with E-state index in [2.05, 4.69) is 10.0 Å². The summed E-state index contributed by atoms with van der Waals surface area (Å²) in [6, 6.07) is 12.6. The van der Waals surface area contributed by atoms with Crippen LogP contribution in [-0.2, 0) is 10.0 Å². The summed E-state index contributed by atoms with van der Waals surface area (Å²) in [6.07, 6.45) is 0. The number of benzene rings is 2. The first-order chi connectivity index (χ1) is 12.5. The van der Waals surface area contributed by atoms with Crippen molar-refractivity contribution in [3.8, 4) is 5.75 Å². The van der Waals surface area contributed by atoms with Crippen molar-refractivity contribution in [2.24, 2.45) is 0 Å². The van der Waals surface area contributed by atoms with Gasteiger partial charge in [0.15, 0.2) is 0 Å². The average molecular weight is 412 g/mol. The molecule has 9 heteroatoms. The molecule has 0 bridgehead atoms. The molecule has 0 radical (unpaired) electrons. The number of sulfonamides is 1. The van der Waals surface area contributed by atoms with E-state index in [1.54, 1.807) is 48.4 Å². The smallest absolute Gasteiger partial charge is 0.261 e. The normalized spacial score (nSPS) is 14.2. The molecule has 0 spiro atoms. The van der Waals surface area contributed by atoms with Crippen LogP contribution in [-0.4, -0.2) is 52.5 Å². The maximum Gasteiger partial charge on any atom is 0.261 e. The Morgan fingerprint density at radius 2 is 1.63 bits per heavy atom. The number of hydrogen-bond acceptors (Lipinski definition) is 5. The molecule has 146 valence electrons. The number of amides is 1. The molecule has 1 aliphatic rings. The first-order valence-electron chi connectivity index (χ1n) is 8.26. The minimum Gasteiger partial charge on any atom is -0.497 e. The van der Waals surface area contributed by atoms with Crippen molar-refractivity contribution in [1.29, 1.82) is 0 Å². The van der Waals surface area contributed by atoms with E-state index in [9.17, 15) is 13.2 Å². The van der Waals surface area contributed by atoms with Crippen LogP contribution in [0, 0.1) is 0 Å². The molecule has 1 aliphatic heterocycles. The fourth-order valence-corrected chi connectivity index (χ4v) is 3.76. The Hall–Kier alpha value is -2.29. The lowest BCUT2D eigenvalue weighted by Gasteiger charge is -2.27. The SMILES string of the molecule is COc1ccc(NS(=O)(=O)c2ccc(C(=O)N3CCNCC3)cc2)cc1.Cl. The van der Waals surface area contributed by atoms with E-state index in [0.29, 0.717) is 30.1 Å². The van der Waals surface area contributed by atoms with E-state index >= 15 is 0 Å². The fourth-order valence-electron chi connectivity index (χ4n) is 2.70. The largest absolute Gasteiger partial charge is 0.497 e. The molecule has 2 aromatic rings. The summed E-state index contributed by atoms with van der Waals surface area (Å²) in [5.41, 5.74) is 0.919. The Balaban J connectivity index is 0.00000261. The van der Waals surface area contributed by atoms with E-state index in [4.69, 9.17) is 4.74 Å². The number of nitrogens with zero attached hydrogens (tertiary/aromatic N) is 1. The van der Waals surface area contributed by atoms with E-state index in [1.165, 1.54) is 12.1 Å². The zero-order valence-electron chi connectivity index (χ0n) is 14.8. The first kappa shape index (κ1) is 21.0. The maximum atomic E-state index is 12.5. The van der Waals surface area contributed by atoms with E-state index in [0.717, 1.165) is 13.1 Å². The topological polar surface area (TPSA) is 87.7 Å². The summed E-state index contributed by atoms with van der Waals surface area (Å²) in [6.45, 7) is 2.84. The third-order valence-corrected chi connectivity index (χ3v) is 5.56. The van der Waals surface area contributed by atoms with E-state index in [1.807, 2.05) is 0 Å². The second kappa shape index (κ2) is 9.07. The average Bonchev–Trinajstić information content (AvgIpc) is 2.68. The third kappa shape index (κ3) is 5.12. The molecule has 0 aromatic heterocycles. The lowest BCUT2D eigenvalue weighted by Crippen LogP contribution is -2.46. The number of ether oxygens (including phenoxy) is 1. The van der Waals surface area contributed by atoms with E-state index in [-0.39, 0.29) is 23.2 Å². The Morgan fingerprint density at radius 1 is 1.04 bits per heavy atom. The van der Waals surface area contributed by atoms with Gasteiger partial charge in [0, 0.05) is 37.4 Å². The van der Waals surface area contributed by atoms with Gasteiger partial charge in [-0.25, -0.2) is 8.42 Å². The number of hydrogen-bond donors (Lipinski definition) is 2. The van der Waals surface area contributed by atoms with Gasteiger partial charge < -0.3 is 15.0 Å². The van der Waals surface area contributed by atoms with Crippen LogP contribution < -0.4 is 14.8 Å². The summed E-state index contributed by atoms with van der Waals surface area (Å²) in [7, 11) is -2.18. The van der Waals surface area contributed by atoms with E-state index < -0.39 is 10.0 Å². The molecular formula is C18H22ClN3O4S. The van der Waals surface area contributed by atoms with Gasteiger partial charge in [-0.1, -0.05) is 0 Å². The van der Waals surface area contributed by atoms with Crippen molar-refractivity contribution < 1.29 is 17.9 Å². The number of nitrogens with one attached hydrogen (secondary N) is 2. The van der Waals surface area contributed by atoms with Crippen LogP contribution in [0.4, 0.5) is 5.69 Å². The predicted octanol–water partition coefficient (Wildman–Crippen LogP) is 1.96. The second-order valence-corrected chi connectivity index (χ2v) is 7.58. The molecule has 1 saturated heterocycles. The number of anilines is 1. The van der Waals surface area contributed by atoms with Crippen LogP contribution in [0.3, 0.4) is 0 Å². The molecule has 1 heterocycles. The Bertz CT molecular complexity index is 864. The standard InChI is InChI=1S/C18H21N3O4S.ClH/c1-25-16-6-4-15(5-7-16)20-26(23,24)17-8-2-14(3-9-17)18(22)21-12-10-19-11-13-21;/h2-9,19-20H,10-13H2,1H3;1H. The lowest BCUT2D eigenvalue weighted by atomic mass is 10.2. The highest BCUT2D eigenvalue weighted by molar-refractivity contribution is 7.92. The predicted molar refractivity (Wildman–Crippen MR) is 106 cm³/mol. The molecule has 0 unspecified atom stereocenters. The summed E-state index contributed by atoms with van der Waals surface area (Å²) >= 11 is 0. The molecular weight excluding hydrogens is 390 g/mol. The van der Waals surface area contributed by atoms with Crippen molar-refractivity contribution in [2.75, 3.05) is 38.0 Å². The highest BCUT2D eigenvalue weighted by Gasteiger charge is 2.19. The summed E-state index contributed by atoms with van der Waals surface area (Å²) < 4.78 is 32.5. The molecule has 1 amide bonds. The van der Waals surface area contributed by atoms with Gasteiger partial charge in [-0.15, -0.1) is 12.4 Å². The van der Waals surface area contributed by atoms with Crippen molar-refractivity contribution in [3.05, 3.63) is 54.1 Å². The second-order valence-electron chi connectivity index (χ2n) is 5.90. The van der Waals surface area contributed by atoms with Crippen molar-refractivity contribution >= 4 is 34.0 Å². The van der Waals surface area contributed by atoms with Gasteiger partial charge in [-0.2, -0.15) is 0 Å². The highest BCUT2D eigenvalue weighted by atomic mass is 35.5. The number of carbonyl (C=O) groups excluding carboxylic acids is 1. The minimum absolute atomic E-state index is 0. The van der Waals surface area contributed by atoms with Gasteiger partial charge in [0.05, 0.1) is 12.0 Å². The Morgan fingerprint density at radius 3 is 2.19 bits per heavy atom. The maximum absolute atomic E-state index is 12.5. The van der Waals surface area contributed by atoms with Crippen molar-refractivity contribution in [3.63, 3.8) is 0 Å². The van der Waals surface area contributed by atoms with Crippen LogP contribution in [0.1, 0.15) is 10.4 Å². The molecule has 7 nitrogen and oxygen atoms in total. The zero-order valence-corrected chi connectivity index (χ0v) is 16.5. The molecule has 1 fully saturated rings. The van der Waals surface area contributed by atoms with Gasteiger partial charge in [0.1, 0.15) is 5.75 Å². The number of piperazine rings is 1. The number of rotatable bonds is 5. The van der Waals surface area contributed by atoms with Crippen LogP contribution >= 0.6 is 12.4 Å². The molecule has 0 saturated carbocycles. The summed E-state index contributed by atoms with van der Waals surface area (Å²) in [5, 5.41) is 3.19. The molecule has 2 aromatic carbocycles. The highest BCUT2D eigenvalue weighted by Crippen LogP contribution is 2.20.